The number of sulfonamides is 1. The van der Waals surface area contributed by atoms with E-state index in [1.807, 2.05) is 79.7 Å². The minimum absolute atomic E-state index is 0.105. The number of carbonyl (C=O) groups excluding carboxylic acids is 2. The molecule has 3 aromatic carbocycles. The van der Waals surface area contributed by atoms with Gasteiger partial charge in [-0.1, -0.05) is 89.8 Å². The molecule has 0 heterocycles. The minimum Gasteiger partial charge on any atom is -0.352 e. The smallest absolute Gasteiger partial charge is 0.243 e. The van der Waals surface area contributed by atoms with E-state index in [2.05, 4.69) is 21.2 Å². The predicted molar refractivity (Wildman–Crippen MR) is 176 cm³/mol. The number of anilines is 1. The van der Waals surface area contributed by atoms with Gasteiger partial charge in [0, 0.05) is 36.4 Å². The van der Waals surface area contributed by atoms with E-state index in [9.17, 15) is 18.0 Å². The number of hydrogen-bond donors (Lipinski definition) is 1. The Kier molecular flexibility index (Phi) is 11.8. The molecule has 3 aromatic rings. The lowest BCUT2D eigenvalue weighted by Crippen LogP contribution is -2.52. The van der Waals surface area contributed by atoms with Crippen LogP contribution in [0, 0.1) is 6.92 Å². The van der Waals surface area contributed by atoms with E-state index in [1.165, 1.54) is 17.0 Å². The van der Waals surface area contributed by atoms with Crippen LogP contribution in [0.4, 0.5) is 5.69 Å². The van der Waals surface area contributed by atoms with Gasteiger partial charge >= 0.3 is 0 Å². The Hall–Kier alpha value is -3.17. The Morgan fingerprint density at radius 2 is 1.63 bits per heavy atom. The molecule has 0 spiro atoms. The number of hydrogen-bond acceptors (Lipinski definition) is 4. The highest BCUT2D eigenvalue weighted by Gasteiger charge is 2.32. The van der Waals surface area contributed by atoms with Crippen molar-refractivity contribution in [3.8, 4) is 0 Å². The third kappa shape index (κ3) is 9.93. The highest BCUT2D eigenvalue weighted by molar-refractivity contribution is 9.10. The van der Waals surface area contributed by atoms with Gasteiger partial charge in [0.05, 0.1) is 11.9 Å². The summed E-state index contributed by atoms with van der Waals surface area (Å²) < 4.78 is 27.6. The van der Waals surface area contributed by atoms with Crippen molar-refractivity contribution in [3.63, 3.8) is 0 Å². The molecule has 9 heteroatoms. The van der Waals surface area contributed by atoms with E-state index < -0.39 is 16.1 Å². The topological polar surface area (TPSA) is 86.8 Å². The summed E-state index contributed by atoms with van der Waals surface area (Å²) in [5.74, 6) is -0.325. The molecule has 1 N–H and O–H groups in total. The molecule has 7 nitrogen and oxygen atoms in total. The number of rotatable bonds is 13. The minimum atomic E-state index is -3.55. The first-order chi connectivity index (χ1) is 20.6. The second kappa shape index (κ2) is 15.5. The van der Waals surface area contributed by atoms with Gasteiger partial charge in [0.2, 0.25) is 21.8 Å². The zero-order chi connectivity index (χ0) is 30.8. The van der Waals surface area contributed by atoms with Crippen molar-refractivity contribution in [2.75, 3.05) is 17.1 Å². The van der Waals surface area contributed by atoms with E-state index in [0.29, 0.717) is 18.5 Å². The van der Waals surface area contributed by atoms with Crippen molar-refractivity contribution in [3.05, 3.63) is 100 Å². The third-order valence-electron chi connectivity index (χ3n) is 7.91. The Balaban J connectivity index is 1.59. The second-order valence-corrected chi connectivity index (χ2v) is 14.3. The number of nitrogens with one attached hydrogen (secondary N) is 1. The highest BCUT2D eigenvalue weighted by atomic mass is 79.9. The maximum absolute atomic E-state index is 14.0. The first-order valence-electron chi connectivity index (χ1n) is 15.0. The summed E-state index contributed by atoms with van der Waals surface area (Å²) in [5.41, 5.74) is 3.41. The summed E-state index contributed by atoms with van der Waals surface area (Å²) in [5, 5.41) is 3.26. The quantitative estimate of drug-likeness (QED) is 0.229. The van der Waals surface area contributed by atoms with Gasteiger partial charge in [-0.3, -0.25) is 13.9 Å². The molecule has 1 saturated carbocycles. The SMILES string of the molecule is Cc1cccc(N(CCCC(=O)N(Cc2cccc(Br)c2)[C@H](Cc2ccccc2)C(=O)NC2CCCCC2)S(C)(=O)=O)c1. The van der Waals surface area contributed by atoms with Crippen LogP contribution in [0.15, 0.2) is 83.3 Å². The molecule has 0 bridgehead atoms. The Morgan fingerprint density at radius 3 is 2.30 bits per heavy atom. The molecule has 4 rings (SSSR count). The fourth-order valence-electron chi connectivity index (χ4n) is 5.72. The van der Waals surface area contributed by atoms with Crippen molar-refractivity contribution in [1.29, 1.82) is 0 Å². The molecule has 1 atom stereocenters. The largest absolute Gasteiger partial charge is 0.352 e. The van der Waals surface area contributed by atoms with Gasteiger partial charge < -0.3 is 10.2 Å². The van der Waals surface area contributed by atoms with Crippen LogP contribution in [0.5, 0.6) is 0 Å². The van der Waals surface area contributed by atoms with Crippen LogP contribution in [0.3, 0.4) is 0 Å². The van der Waals surface area contributed by atoms with Gasteiger partial charge in [-0.2, -0.15) is 0 Å². The molecular formula is C34H42BrN3O4S. The number of amides is 2. The van der Waals surface area contributed by atoms with Crippen LogP contribution in [0.25, 0.3) is 0 Å². The van der Waals surface area contributed by atoms with E-state index in [4.69, 9.17) is 0 Å². The predicted octanol–water partition coefficient (Wildman–Crippen LogP) is 6.39. The van der Waals surface area contributed by atoms with Crippen molar-refractivity contribution >= 4 is 43.5 Å². The van der Waals surface area contributed by atoms with E-state index in [-0.39, 0.29) is 37.4 Å². The number of halogens is 1. The van der Waals surface area contributed by atoms with Crippen LogP contribution >= 0.6 is 15.9 Å². The molecule has 0 saturated heterocycles. The maximum Gasteiger partial charge on any atom is 0.243 e. The van der Waals surface area contributed by atoms with E-state index in [1.54, 1.807) is 11.0 Å². The normalized spacial score (nSPS) is 14.6. The van der Waals surface area contributed by atoms with Crippen molar-refractivity contribution in [2.24, 2.45) is 0 Å². The lowest BCUT2D eigenvalue weighted by atomic mass is 9.94. The molecule has 230 valence electrons. The summed E-state index contributed by atoms with van der Waals surface area (Å²) in [6.07, 6.45) is 7.25. The molecule has 1 aliphatic carbocycles. The summed E-state index contributed by atoms with van der Waals surface area (Å²) in [7, 11) is -3.55. The Morgan fingerprint density at radius 1 is 0.930 bits per heavy atom. The molecule has 43 heavy (non-hydrogen) atoms. The maximum atomic E-state index is 14.0. The van der Waals surface area contributed by atoms with Crippen LogP contribution in [0.2, 0.25) is 0 Å². The Labute approximate surface area is 264 Å². The third-order valence-corrected chi connectivity index (χ3v) is 9.59. The van der Waals surface area contributed by atoms with E-state index in [0.717, 1.165) is 46.8 Å². The van der Waals surface area contributed by atoms with E-state index >= 15 is 0 Å². The van der Waals surface area contributed by atoms with Gasteiger partial charge in [-0.05, 0) is 67.1 Å². The number of carbonyl (C=O) groups is 2. The van der Waals surface area contributed by atoms with Gasteiger partial charge in [0.1, 0.15) is 6.04 Å². The summed E-state index contributed by atoms with van der Waals surface area (Å²) in [6, 6.07) is 24.3. The molecule has 0 radical (unpaired) electrons. The van der Waals surface area contributed by atoms with Gasteiger partial charge in [-0.15, -0.1) is 0 Å². The first kappa shape index (κ1) is 32.7. The monoisotopic (exact) mass is 667 g/mol. The zero-order valence-electron chi connectivity index (χ0n) is 25.0. The fraction of sp³-hybridized carbons (Fsp3) is 0.412. The average molecular weight is 669 g/mol. The summed E-state index contributed by atoms with van der Waals surface area (Å²) in [4.78, 5) is 29.7. The molecule has 2 amide bonds. The van der Waals surface area contributed by atoms with Crippen LogP contribution < -0.4 is 9.62 Å². The van der Waals surface area contributed by atoms with Crippen molar-refractivity contribution in [1.82, 2.24) is 10.2 Å². The molecule has 0 unspecified atom stereocenters. The van der Waals surface area contributed by atoms with Gasteiger partial charge in [-0.25, -0.2) is 8.42 Å². The van der Waals surface area contributed by atoms with Crippen molar-refractivity contribution in [2.45, 2.75) is 76.9 Å². The number of nitrogens with zero attached hydrogens (tertiary/aromatic N) is 2. The van der Waals surface area contributed by atoms with Crippen LogP contribution in [-0.2, 0) is 32.6 Å². The van der Waals surface area contributed by atoms with Crippen LogP contribution in [0.1, 0.15) is 61.6 Å². The number of aryl methyl sites for hydroxylation is 1. The summed E-state index contributed by atoms with van der Waals surface area (Å²) >= 11 is 3.53. The highest BCUT2D eigenvalue weighted by Crippen LogP contribution is 2.23. The number of benzene rings is 3. The zero-order valence-corrected chi connectivity index (χ0v) is 27.4. The lowest BCUT2D eigenvalue weighted by Gasteiger charge is -2.34. The molecular weight excluding hydrogens is 626 g/mol. The standard InChI is InChI=1S/C34H42BrN3O4S/c1-26-12-9-19-31(22-26)38(43(2,41)42)21-11-20-33(39)37(25-28-15-10-16-29(35)23-28)32(24-27-13-5-3-6-14-27)34(40)36-30-17-7-4-8-18-30/h3,5-6,9-10,12-16,19,22-23,30,32H,4,7-8,11,17-18,20-21,24-25H2,1-2H3,(H,36,40)/t32-/m1/s1. The van der Waals surface area contributed by atoms with Crippen molar-refractivity contribution < 1.29 is 18.0 Å². The molecule has 1 aliphatic rings. The van der Waals surface area contributed by atoms with Gasteiger partial charge in [0.15, 0.2) is 0 Å². The molecule has 1 fully saturated rings. The van der Waals surface area contributed by atoms with Gasteiger partial charge in [0.25, 0.3) is 0 Å². The van der Waals surface area contributed by atoms with Crippen LogP contribution in [-0.4, -0.2) is 50.0 Å². The fourth-order valence-corrected chi connectivity index (χ4v) is 7.12. The second-order valence-electron chi connectivity index (χ2n) is 11.5. The molecule has 0 aliphatic heterocycles. The first-order valence-corrected chi connectivity index (χ1v) is 17.7. The lowest BCUT2D eigenvalue weighted by molar-refractivity contribution is -0.141. The average Bonchev–Trinajstić information content (AvgIpc) is 2.97. The molecule has 0 aromatic heterocycles. The summed E-state index contributed by atoms with van der Waals surface area (Å²) in [6.45, 7) is 2.34. The Bertz CT molecular complexity index is 1480.